The molecule has 0 saturated heterocycles. The summed E-state index contributed by atoms with van der Waals surface area (Å²) in [5.41, 5.74) is 7.97. The van der Waals surface area contributed by atoms with Crippen molar-refractivity contribution in [3.8, 4) is 11.5 Å². The second kappa shape index (κ2) is 17.4. The smallest absolute Gasteiger partial charge is 0.256 e. The molecule has 6 amide bonds. The van der Waals surface area contributed by atoms with Crippen molar-refractivity contribution in [2.75, 3.05) is 5.73 Å². The number of nitrogen functional groups attached to an aromatic ring is 1. The monoisotopic (exact) mass is 756 g/mol. The maximum absolute atomic E-state index is 13.9. The lowest BCUT2D eigenvalue weighted by atomic mass is 9.98. The predicted octanol–water partition coefficient (Wildman–Crippen LogP) is -2.29. The highest BCUT2D eigenvalue weighted by Gasteiger charge is 2.36. The normalized spacial score (nSPS) is 14.8. The molecule has 0 fully saturated rings. The van der Waals surface area contributed by atoms with E-state index in [9.17, 15) is 43.8 Å². The summed E-state index contributed by atoms with van der Waals surface area (Å²) in [5, 5.41) is 30.7. The molecule has 3 rings (SSSR count). The predicted molar refractivity (Wildman–Crippen MR) is 195 cm³/mol. The van der Waals surface area contributed by atoms with Crippen molar-refractivity contribution in [2.45, 2.75) is 91.8 Å². The zero-order valence-corrected chi connectivity index (χ0v) is 31.1. The third-order valence-corrected chi connectivity index (χ3v) is 8.76. The largest absolute Gasteiger partial charge is 0.452 e. The fourth-order valence-corrected chi connectivity index (χ4v) is 5.59. The molecule has 1 aliphatic heterocycles. The molecule has 1 aliphatic carbocycles. The number of rotatable bonds is 14. The summed E-state index contributed by atoms with van der Waals surface area (Å²) in [7, 11) is 0. The van der Waals surface area contributed by atoms with E-state index in [1.54, 1.807) is 34.6 Å². The average Bonchev–Trinajstić information content (AvgIpc) is 3.11. The van der Waals surface area contributed by atoms with Crippen molar-refractivity contribution in [3.63, 3.8) is 0 Å². The summed E-state index contributed by atoms with van der Waals surface area (Å²) in [6.07, 6.45) is -2.98. The molecule has 0 spiro atoms. The topological polar surface area (TPSA) is 336 Å². The van der Waals surface area contributed by atoms with Crippen LogP contribution >= 0.6 is 0 Å². The van der Waals surface area contributed by atoms with Gasteiger partial charge in [-0.3, -0.25) is 44.4 Å². The molecule has 14 N–H and O–H groups in total. The minimum atomic E-state index is -1.68. The Morgan fingerprint density at radius 3 is 1.59 bits per heavy atom. The zero-order valence-electron chi connectivity index (χ0n) is 31.1. The van der Waals surface area contributed by atoms with Crippen molar-refractivity contribution in [3.05, 3.63) is 44.6 Å². The minimum Gasteiger partial charge on any atom is -0.452 e. The first-order chi connectivity index (χ1) is 25.2. The molecule has 0 radical (unpaired) electrons. The number of aliphatic hydroxyl groups excluding tert-OH is 2. The van der Waals surface area contributed by atoms with Gasteiger partial charge in [0.2, 0.25) is 17.2 Å². The number of aryl methyl sites for hydroxylation is 1. The highest BCUT2D eigenvalue weighted by atomic mass is 16.3. The Balaban J connectivity index is 2.16. The molecular weight excluding hydrogens is 708 g/mol. The average molecular weight is 757 g/mol. The summed E-state index contributed by atoms with van der Waals surface area (Å²) in [6, 6.07) is -2.63. The lowest BCUT2D eigenvalue weighted by molar-refractivity contribution is -0.132. The van der Waals surface area contributed by atoms with E-state index >= 15 is 0 Å². The summed E-state index contributed by atoms with van der Waals surface area (Å²) in [5.74, 6) is 4.11. The first-order valence-corrected chi connectivity index (χ1v) is 16.9. The van der Waals surface area contributed by atoms with Crippen LogP contribution in [0.15, 0.2) is 21.3 Å². The van der Waals surface area contributed by atoms with Crippen molar-refractivity contribution < 1.29 is 43.4 Å². The summed E-state index contributed by atoms with van der Waals surface area (Å²) in [4.78, 5) is 96.6. The van der Waals surface area contributed by atoms with Gasteiger partial charge >= 0.3 is 0 Å². The lowest BCUT2D eigenvalue weighted by Gasteiger charge is -2.26. The number of hydrogen-bond donors (Lipinski definition) is 11. The number of aliphatic hydroxyl groups is 2. The van der Waals surface area contributed by atoms with Crippen LogP contribution in [0.3, 0.4) is 0 Å². The molecule has 54 heavy (non-hydrogen) atoms. The first kappa shape index (κ1) is 42.7. The molecule has 20 nitrogen and oxygen atoms in total. The van der Waals surface area contributed by atoms with Crippen molar-refractivity contribution in [1.29, 1.82) is 0 Å². The van der Waals surface area contributed by atoms with E-state index in [0.29, 0.717) is 5.56 Å². The number of benzene rings is 2. The quantitative estimate of drug-likeness (QED) is 0.0271. The Kier molecular flexibility index (Phi) is 13.8. The molecule has 0 saturated carbocycles. The van der Waals surface area contributed by atoms with Crippen LogP contribution in [0.25, 0.3) is 22.6 Å². The first-order valence-electron chi connectivity index (χ1n) is 16.9. The minimum absolute atomic E-state index is 0.0189. The Morgan fingerprint density at radius 2 is 1.17 bits per heavy atom. The third-order valence-electron chi connectivity index (χ3n) is 8.76. The number of carbonyl (C=O) groups is 6. The number of carbonyl (C=O) groups excluding carboxylic acids is 6. The summed E-state index contributed by atoms with van der Waals surface area (Å²) < 4.78 is 6.11. The Labute approximate surface area is 309 Å². The number of hydrogen-bond acceptors (Lipinski definition) is 14. The molecule has 6 atom stereocenters. The molecular formula is C34H48N10O10. The van der Waals surface area contributed by atoms with E-state index in [1.807, 2.05) is 10.9 Å². The number of nitrogens with zero attached hydrogens (tertiary/aromatic N) is 1. The van der Waals surface area contributed by atoms with Gasteiger partial charge in [0.25, 0.3) is 23.6 Å². The molecule has 294 valence electrons. The maximum atomic E-state index is 13.9. The van der Waals surface area contributed by atoms with Crippen LogP contribution in [-0.4, -0.2) is 87.0 Å². The molecule has 1 aromatic carbocycles. The van der Waals surface area contributed by atoms with E-state index in [4.69, 9.17) is 21.8 Å². The molecule has 2 aliphatic rings. The number of anilines is 1. The van der Waals surface area contributed by atoms with E-state index in [-0.39, 0.29) is 33.7 Å². The maximum Gasteiger partial charge on any atom is 0.256 e. The van der Waals surface area contributed by atoms with Gasteiger partial charge in [-0.05, 0) is 51.2 Å². The summed E-state index contributed by atoms with van der Waals surface area (Å²) >= 11 is 0. The lowest BCUT2D eigenvalue weighted by Crippen LogP contribution is -2.59. The third kappa shape index (κ3) is 8.90. The van der Waals surface area contributed by atoms with E-state index < -0.39 is 100 Å². The molecule has 0 aromatic heterocycles. The SMILES string of the molecule is Cc1c2oc3c(C)ccc(C(=O)N[C@H](C(=O)N[C@@H](C(=O)NN)C(C)C)[C@@H](C)O)c3nc-2c(C(=O)N[C@H](C(=O)N[C@@H](C(=O)NN)C(C)C)[C@@H](C)O)c(N)c1=O. The zero-order chi connectivity index (χ0) is 40.9. The fraction of sp³-hybridized carbons (Fsp3) is 0.471. The van der Waals surface area contributed by atoms with Gasteiger partial charge in [-0.1, -0.05) is 33.8 Å². The Morgan fingerprint density at radius 1 is 0.704 bits per heavy atom. The van der Waals surface area contributed by atoms with Crippen molar-refractivity contribution in [1.82, 2.24) is 37.1 Å². The highest BCUT2D eigenvalue weighted by Crippen LogP contribution is 2.34. The van der Waals surface area contributed by atoms with Gasteiger partial charge in [-0.25, -0.2) is 16.7 Å². The number of nitrogens with one attached hydrogen (secondary N) is 6. The van der Waals surface area contributed by atoms with Gasteiger partial charge < -0.3 is 41.6 Å². The van der Waals surface area contributed by atoms with Gasteiger partial charge in [0, 0.05) is 5.56 Å². The van der Waals surface area contributed by atoms with E-state index in [1.165, 1.54) is 32.9 Å². The van der Waals surface area contributed by atoms with Crippen LogP contribution in [0.2, 0.25) is 0 Å². The van der Waals surface area contributed by atoms with E-state index in [0.717, 1.165) is 0 Å². The summed E-state index contributed by atoms with van der Waals surface area (Å²) in [6.45, 7) is 12.0. The molecule has 20 heteroatoms. The molecule has 0 unspecified atom stereocenters. The highest BCUT2D eigenvalue weighted by molar-refractivity contribution is 6.10. The number of nitrogens with two attached hydrogens (primary N) is 3. The van der Waals surface area contributed by atoms with Gasteiger partial charge in [-0.15, -0.1) is 0 Å². The van der Waals surface area contributed by atoms with Gasteiger partial charge in [0.1, 0.15) is 35.4 Å². The van der Waals surface area contributed by atoms with Gasteiger partial charge in [-0.2, -0.15) is 0 Å². The fourth-order valence-electron chi connectivity index (χ4n) is 5.59. The molecule has 1 heterocycles. The van der Waals surface area contributed by atoms with Crippen LogP contribution in [0.5, 0.6) is 0 Å². The van der Waals surface area contributed by atoms with Crippen LogP contribution < -0.4 is 55.0 Å². The van der Waals surface area contributed by atoms with Crippen molar-refractivity contribution >= 4 is 52.2 Å². The van der Waals surface area contributed by atoms with Crippen LogP contribution in [0, 0.1) is 25.7 Å². The van der Waals surface area contributed by atoms with Crippen LogP contribution in [0.1, 0.15) is 73.4 Å². The Hall–Kier alpha value is -5.70. The second-order valence-corrected chi connectivity index (χ2v) is 13.6. The van der Waals surface area contributed by atoms with Crippen LogP contribution in [0.4, 0.5) is 5.69 Å². The number of amides is 6. The Bertz CT molecular complexity index is 1980. The molecule has 1 aromatic rings. The second-order valence-electron chi connectivity index (χ2n) is 13.6. The number of aromatic nitrogens is 1. The van der Waals surface area contributed by atoms with E-state index in [2.05, 4.69) is 26.3 Å². The number of fused-ring (bicyclic) bond motifs is 2. The number of hydrazine groups is 2. The van der Waals surface area contributed by atoms with Gasteiger partial charge in [0.05, 0.1) is 29.0 Å². The van der Waals surface area contributed by atoms with Crippen molar-refractivity contribution in [2.24, 2.45) is 23.5 Å². The standard InChI is InChI=1S/C34H48N10O10/c1-11(2)20(33(52)43-36)39-31(50)22(15(7)45)41-29(48)17-10-9-13(5)27-24(17)38-25-18(19(35)26(47)14(6)28(25)54-27)30(49)42-23(16(8)46)32(51)40-21(12(3)4)34(53)44-37/h9-12,15-16,20-23,45-46H,35-37H2,1-8H3,(H,39,50)(H,40,51)(H,41,48)(H,42,49)(H,43,52)(H,44,53)/t15-,16-,20-,21-,22+,23+/m1/s1. The molecule has 0 bridgehead atoms. The van der Waals surface area contributed by atoms with Crippen LogP contribution in [-0.2, 0) is 19.2 Å². The van der Waals surface area contributed by atoms with Gasteiger partial charge in [0.15, 0.2) is 11.3 Å².